The highest BCUT2D eigenvalue weighted by atomic mass is 35.5. The average Bonchev–Trinajstić information content (AvgIpc) is 2.54. The van der Waals surface area contributed by atoms with Gasteiger partial charge in [-0.05, 0) is 39.0 Å². The fourth-order valence-electron chi connectivity index (χ4n) is 2.62. The minimum absolute atomic E-state index is 0.119. The molecule has 0 radical (unpaired) electrons. The molecular weight excluding hydrogens is 366 g/mol. The molecule has 8 heteroatoms. The summed E-state index contributed by atoms with van der Waals surface area (Å²) < 4.78 is 5.34. The standard InChI is InChI=1S/C19H22ClN5O2/c1-19(2,3)27-18(26)25-10-14(11-25)22-9-13(7-21)12-6-16-15(23-8-12)4-5-17(20)24-16/h4-9,14,21-22H,10-11H2,1-3H3/b13-9+,21-7?. The van der Waals surface area contributed by atoms with Crippen molar-refractivity contribution in [2.75, 3.05) is 13.1 Å². The highest BCUT2D eigenvalue weighted by Crippen LogP contribution is 2.19. The Labute approximate surface area is 162 Å². The zero-order valence-electron chi connectivity index (χ0n) is 15.5. The smallest absolute Gasteiger partial charge is 0.410 e. The molecule has 3 rings (SSSR count). The van der Waals surface area contributed by atoms with Gasteiger partial charge in [0.25, 0.3) is 0 Å². The van der Waals surface area contributed by atoms with Crippen LogP contribution in [0.25, 0.3) is 16.6 Å². The number of hydrogen-bond acceptors (Lipinski definition) is 6. The number of pyridine rings is 2. The van der Waals surface area contributed by atoms with E-state index < -0.39 is 5.60 Å². The molecule has 142 valence electrons. The molecule has 3 heterocycles. The number of halogens is 1. The summed E-state index contributed by atoms with van der Waals surface area (Å²) in [6.07, 6.45) is 4.41. The van der Waals surface area contributed by atoms with E-state index in [0.29, 0.717) is 29.3 Å². The molecule has 0 bridgehead atoms. The van der Waals surface area contributed by atoms with Crippen LogP contribution in [0.1, 0.15) is 26.3 Å². The third kappa shape index (κ3) is 4.74. The van der Waals surface area contributed by atoms with E-state index in [1.54, 1.807) is 29.4 Å². The SMILES string of the molecule is CC(C)(C)OC(=O)N1CC(N/C=C(\C=N)c2cnc3ccc(Cl)nc3c2)C1. The van der Waals surface area contributed by atoms with Crippen LogP contribution in [0.2, 0.25) is 5.15 Å². The van der Waals surface area contributed by atoms with Gasteiger partial charge in [-0.25, -0.2) is 9.78 Å². The second-order valence-electron chi connectivity index (χ2n) is 7.39. The van der Waals surface area contributed by atoms with Crippen molar-refractivity contribution in [1.82, 2.24) is 20.2 Å². The zero-order valence-corrected chi connectivity index (χ0v) is 16.2. The van der Waals surface area contributed by atoms with Gasteiger partial charge in [0.05, 0.1) is 17.1 Å². The Morgan fingerprint density at radius 2 is 2.11 bits per heavy atom. The van der Waals surface area contributed by atoms with Gasteiger partial charge in [-0.3, -0.25) is 4.98 Å². The Balaban J connectivity index is 1.63. The van der Waals surface area contributed by atoms with E-state index in [9.17, 15) is 4.79 Å². The van der Waals surface area contributed by atoms with Crippen LogP contribution in [-0.4, -0.2) is 51.9 Å². The summed E-state index contributed by atoms with van der Waals surface area (Å²) >= 11 is 5.94. The Morgan fingerprint density at radius 3 is 2.78 bits per heavy atom. The Kier molecular flexibility index (Phi) is 5.32. The van der Waals surface area contributed by atoms with Gasteiger partial charge in [-0.1, -0.05) is 11.6 Å². The number of rotatable bonds is 4. The van der Waals surface area contributed by atoms with E-state index >= 15 is 0 Å². The van der Waals surface area contributed by atoms with Gasteiger partial charge in [0, 0.05) is 42.8 Å². The van der Waals surface area contributed by atoms with Crippen molar-refractivity contribution < 1.29 is 9.53 Å². The number of hydrogen-bond donors (Lipinski definition) is 2. The number of nitrogens with zero attached hydrogens (tertiary/aromatic N) is 3. The Morgan fingerprint density at radius 1 is 1.37 bits per heavy atom. The molecule has 2 N–H and O–H groups in total. The molecular formula is C19H22ClN5O2. The van der Waals surface area contributed by atoms with Crippen molar-refractivity contribution in [1.29, 1.82) is 5.41 Å². The summed E-state index contributed by atoms with van der Waals surface area (Å²) in [5.74, 6) is 0. The fourth-order valence-corrected chi connectivity index (χ4v) is 2.77. The van der Waals surface area contributed by atoms with E-state index in [2.05, 4.69) is 15.3 Å². The molecule has 1 amide bonds. The summed E-state index contributed by atoms with van der Waals surface area (Å²) in [6, 6.07) is 5.47. The normalized spacial score (nSPS) is 15.4. The topological polar surface area (TPSA) is 91.2 Å². The van der Waals surface area contributed by atoms with Gasteiger partial charge < -0.3 is 20.4 Å². The number of fused-ring (bicyclic) bond motifs is 1. The first kappa shape index (κ1) is 19.1. The van der Waals surface area contributed by atoms with Crippen molar-refractivity contribution in [3.8, 4) is 0 Å². The summed E-state index contributed by atoms with van der Waals surface area (Å²) in [4.78, 5) is 22.2. The van der Waals surface area contributed by atoms with E-state index in [1.165, 1.54) is 6.21 Å². The van der Waals surface area contributed by atoms with Gasteiger partial charge in [-0.15, -0.1) is 0 Å². The summed E-state index contributed by atoms with van der Waals surface area (Å²) in [7, 11) is 0. The lowest BCUT2D eigenvalue weighted by Gasteiger charge is -2.39. The molecule has 0 atom stereocenters. The minimum atomic E-state index is -0.497. The highest BCUT2D eigenvalue weighted by Gasteiger charge is 2.33. The van der Waals surface area contributed by atoms with Crippen molar-refractivity contribution in [2.45, 2.75) is 32.4 Å². The second kappa shape index (κ2) is 7.52. The number of carbonyl (C=O) groups is 1. The largest absolute Gasteiger partial charge is 0.444 e. The van der Waals surface area contributed by atoms with Crippen molar-refractivity contribution >= 4 is 40.5 Å². The van der Waals surface area contributed by atoms with E-state index in [1.807, 2.05) is 26.8 Å². The zero-order chi connectivity index (χ0) is 19.6. The van der Waals surface area contributed by atoms with Crippen LogP contribution >= 0.6 is 11.6 Å². The third-order valence-electron chi connectivity index (χ3n) is 4.00. The lowest BCUT2D eigenvalue weighted by molar-refractivity contribution is 0.00662. The first-order valence-electron chi connectivity index (χ1n) is 8.62. The summed E-state index contributed by atoms with van der Waals surface area (Å²) in [6.45, 7) is 6.66. The monoisotopic (exact) mass is 387 g/mol. The molecule has 2 aromatic heterocycles. The van der Waals surface area contributed by atoms with Crippen LogP contribution in [0.15, 0.2) is 30.6 Å². The predicted octanol–water partition coefficient (Wildman–Crippen LogP) is 3.48. The lowest BCUT2D eigenvalue weighted by atomic mass is 10.1. The maximum atomic E-state index is 12.0. The van der Waals surface area contributed by atoms with E-state index in [-0.39, 0.29) is 12.1 Å². The average molecular weight is 388 g/mol. The van der Waals surface area contributed by atoms with Gasteiger partial charge in [-0.2, -0.15) is 0 Å². The van der Waals surface area contributed by atoms with E-state index in [4.69, 9.17) is 21.7 Å². The first-order chi connectivity index (χ1) is 12.7. The van der Waals surface area contributed by atoms with Gasteiger partial charge in [0.15, 0.2) is 0 Å². The molecule has 7 nitrogen and oxygen atoms in total. The van der Waals surface area contributed by atoms with Crippen LogP contribution < -0.4 is 5.32 Å². The molecule has 27 heavy (non-hydrogen) atoms. The highest BCUT2D eigenvalue weighted by molar-refractivity contribution is 6.29. The molecule has 1 aliphatic rings. The number of carbonyl (C=O) groups excluding carboxylic acids is 1. The quantitative estimate of drug-likeness (QED) is 0.619. The molecule has 0 aromatic carbocycles. The lowest BCUT2D eigenvalue weighted by Crippen LogP contribution is -2.59. The maximum Gasteiger partial charge on any atom is 0.410 e. The summed E-state index contributed by atoms with van der Waals surface area (Å²) in [5.41, 5.74) is 2.35. The first-order valence-corrected chi connectivity index (χ1v) is 9.00. The van der Waals surface area contributed by atoms with Crippen LogP contribution in [0.4, 0.5) is 4.79 Å². The van der Waals surface area contributed by atoms with Crippen LogP contribution in [0, 0.1) is 5.41 Å². The Bertz CT molecular complexity index is 901. The van der Waals surface area contributed by atoms with Gasteiger partial charge in [0.1, 0.15) is 10.8 Å². The number of aromatic nitrogens is 2. The molecule has 0 unspecified atom stereocenters. The molecule has 1 fully saturated rings. The van der Waals surface area contributed by atoms with Crippen molar-refractivity contribution in [2.24, 2.45) is 0 Å². The molecule has 1 saturated heterocycles. The minimum Gasteiger partial charge on any atom is -0.444 e. The van der Waals surface area contributed by atoms with Crippen LogP contribution in [-0.2, 0) is 4.74 Å². The number of likely N-dealkylation sites (tertiary alicyclic amines) is 1. The summed E-state index contributed by atoms with van der Waals surface area (Å²) in [5, 5.41) is 11.3. The fraction of sp³-hybridized carbons (Fsp3) is 0.368. The van der Waals surface area contributed by atoms with Crippen molar-refractivity contribution in [3.63, 3.8) is 0 Å². The van der Waals surface area contributed by atoms with Crippen LogP contribution in [0.3, 0.4) is 0 Å². The third-order valence-corrected chi connectivity index (χ3v) is 4.21. The van der Waals surface area contributed by atoms with Crippen LogP contribution in [0.5, 0.6) is 0 Å². The molecule has 1 aliphatic heterocycles. The predicted molar refractivity (Wildman–Crippen MR) is 106 cm³/mol. The van der Waals surface area contributed by atoms with E-state index in [0.717, 1.165) is 11.1 Å². The molecule has 0 spiro atoms. The number of ether oxygens (including phenoxy) is 1. The number of allylic oxidation sites excluding steroid dienone is 1. The molecule has 0 aliphatic carbocycles. The van der Waals surface area contributed by atoms with Crippen molar-refractivity contribution in [3.05, 3.63) is 41.3 Å². The Hall–Kier alpha value is -2.67. The van der Waals surface area contributed by atoms with Gasteiger partial charge in [0.2, 0.25) is 0 Å². The second-order valence-corrected chi connectivity index (χ2v) is 7.78. The molecule has 0 saturated carbocycles. The maximum absolute atomic E-state index is 12.0. The van der Waals surface area contributed by atoms with Gasteiger partial charge >= 0.3 is 6.09 Å². The number of nitrogens with one attached hydrogen (secondary N) is 2. The number of amides is 1. The molecule has 2 aromatic rings.